The van der Waals surface area contributed by atoms with E-state index in [9.17, 15) is 0 Å². The molecular formula is C14H25NSi. The molecule has 1 saturated heterocycles. The highest BCUT2D eigenvalue weighted by Gasteiger charge is 2.28. The van der Waals surface area contributed by atoms with Crippen LogP contribution < -0.4 is 0 Å². The lowest BCUT2D eigenvalue weighted by molar-refractivity contribution is 0.240. The van der Waals surface area contributed by atoms with Gasteiger partial charge in [-0.15, -0.1) is 0 Å². The highest BCUT2D eigenvalue weighted by molar-refractivity contribution is 6.78. The van der Waals surface area contributed by atoms with Gasteiger partial charge in [-0.3, -0.25) is 0 Å². The van der Waals surface area contributed by atoms with E-state index in [1.165, 1.54) is 25.9 Å². The molecule has 2 heteroatoms. The Balaban J connectivity index is 2.00. The number of rotatable bonds is 2. The molecule has 1 heterocycles. The van der Waals surface area contributed by atoms with Gasteiger partial charge in [-0.25, -0.2) is 0 Å². The van der Waals surface area contributed by atoms with Crippen molar-refractivity contribution >= 4 is 8.07 Å². The van der Waals surface area contributed by atoms with Crippen LogP contribution in [0.15, 0.2) is 23.8 Å². The van der Waals surface area contributed by atoms with Crippen molar-refractivity contribution in [2.24, 2.45) is 5.92 Å². The molecule has 0 saturated carbocycles. The van der Waals surface area contributed by atoms with Gasteiger partial charge in [0.05, 0.1) is 8.07 Å². The lowest BCUT2D eigenvalue weighted by Crippen LogP contribution is -2.30. The van der Waals surface area contributed by atoms with Crippen LogP contribution in [0.1, 0.15) is 12.8 Å². The van der Waals surface area contributed by atoms with Gasteiger partial charge in [-0.2, -0.15) is 0 Å². The fraction of sp³-hybridized carbons (Fsp3) is 0.714. The third-order valence-electron chi connectivity index (χ3n) is 4.06. The second kappa shape index (κ2) is 4.50. The molecule has 90 valence electrons. The van der Waals surface area contributed by atoms with Crippen molar-refractivity contribution in [1.82, 2.24) is 4.90 Å². The van der Waals surface area contributed by atoms with Crippen LogP contribution in [-0.2, 0) is 0 Å². The predicted octanol–water partition coefficient (Wildman–Crippen LogP) is 3.53. The van der Waals surface area contributed by atoms with E-state index in [1.54, 1.807) is 5.57 Å². The Morgan fingerprint density at radius 2 is 1.81 bits per heavy atom. The normalized spacial score (nSPS) is 28.5. The SMILES string of the molecule is CN1CCC(C2=CC([Si](C)(C)C)C=C2)CC1. The second-order valence-electron chi connectivity index (χ2n) is 6.50. The van der Waals surface area contributed by atoms with Crippen molar-refractivity contribution in [1.29, 1.82) is 0 Å². The van der Waals surface area contributed by atoms with Crippen LogP contribution in [0.3, 0.4) is 0 Å². The topological polar surface area (TPSA) is 3.24 Å². The summed E-state index contributed by atoms with van der Waals surface area (Å²) in [6.45, 7) is 9.95. The maximum absolute atomic E-state index is 2.57. The minimum absolute atomic E-state index is 0.780. The van der Waals surface area contributed by atoms with Gasteiger partial charge < -0.3 is 4.90 Å². The smallest absolute Gasteiger partial charge is 0.0558 e. The maximum atomic E-state index is 2.57. The minimum atomic E-state index is -1.02. The lowest BCUT2D eigenvalue weighted by atomic mass is 9.90. The maximum Gasteiger partial charge on any atom is 0.0558 e. The summed E-state index contributed by atoms with van der Waals surface area (Å²) in [6.07, 6.45) is 10.1. The van der Waals surface area contributed by atoms with E-state index >= 15 is 0 Å². The van der Waals surface area contributed by atoms with Crippen LogP contribution >= 0.6 is 0 Å². The fourth-order valence-corrected chi connectivity index (χ4v) is 4.05. The first-order valence-electron chi connectivity index (χ1n) is 6.55. The average Bonchev–Trinajstić information content (AvgIpc) is 2.67. The molecule has 0 amide bonds. The lowest BCUT2D eigenvalue weighted by Gasteiger charge is -2.29. The highest BCUT2D eigenvalue weighted by Crippen LogP contribution is 2.36. The molecule has 0 aromatic carbocycles. The van der Waals surface area contributed by atoms with E-state index in [0.717, 1.165) is 11.5 Å². The molecule has 1 atom stereocenters. The number of hydrogen-bond donors (Lipinski definition) is 0. The molecule has 1 fully saturated rings. The summed E-state index contributed by atoms with van der Waals surface area (Å²) >= 11 is 0. The van der Waals surface area contributed by atoms with E-state index in [4.69, 9.17) is 0 Å². The van der Waals surface area contributed by atoms with E-state index < -0.39 is 8.07 Å². The van der Waals surface area contributed by atoms with Crippen molar-refractivity contribution in [3.63, 3.8) is 0 Å². The van der Waals surface area contributed by atoms with Gasteiger partial charge >= 0.3 is 0 Å². The number of nitrogens with zero attached hydrogens (tertiary/aromatic N) is 1. The zero-order chi connectivity index (χ0) is 11.8. The zero-order valence-corrected chi connectivity index (χ0v) is 12.2. The Kier molecular flexibility index (Phi) is 3.41. The highest BCUT2D eigenvalue weighted by atomic mass is 28.3. The Bertz CT molecular complexity index is 303. The summed E-state index contributed by atoms with van der Waals surface area (Å²) in [6, 6.07) is 0. The van der Waals surface area contributed by atoms with Crippen molar-refractivity contribution in [3.05, 3.63) is 23.8 Å². The number of allylic oxidation sites excluding steroid dienone is 4. The van der Waals surface area contributed by atoms with Gasteiger partial charge in [-0.05, 0) is 50.0 Å². The number of piperidine rings is 1. The first kappa shape index (κ1) is 12.1. The van der Waals surface area contributed by atoms with Crippen LogP contribution in [-0.4, -0.2) is 33.1 Å². The third kappa shape index (κ3) is 2.66. The molecule has 0 bridgehead atoms. The summed E-state index contributed by atoms with van der Waals surface area (Å²) in [5, 5.41) is 0. The molecule has 0 spiro atoms. The molecule has 1 aliphatic carbocycles. The van der Waals surface area contributed by atoms with E-state index in [0.29, 0.717) is 0 Å². The van der Waals surface area contributed by atoms with E-state index in [2.05, 4.69) is 49.8 Å². The molecule has 0 radical (unpaired) electrons. The molecule has 1 unspecified atom stereocenters. The van der Waals surface area contributed by atoms with E-state index in [1.807, 2.05) is 0 Å². The van der Waals surface area contributed by atoms with Crippen LogP contribution in [0.25, 0.3) is 0 Å². The summed E-state index contributed by atoms with van der Waals surface area (Å²) in [4.78, 5) is 2.45. The van der Waals surface area contributed by atoms with Crippen LogP contribution in [0, 0.1) is 5.92 Å². The van der Waals surface area contributed by atoms with Crippen molar-refractivity contribution in [2.75, 3.05) is 20.1 Å². The van der Waals surface area contributed by atoms with Crippen molar-refractivity contribution in [3.8, 4) is 0 Å². The first-order valence-corrected chi connectivity index (χ1v) is 10.1. The summed E-state index contributed by atoms with van der Waals surface area (Å²) < 4.78 is 0. The Morgan fingerprint density at radius 1 is 1.19 bits per heavy atom. The number of likely N-dealkylation sites (tertiary alicyclic amines) is 1. The molecule has 0 N–H and O–H groups in total. The van der Waals surface area contributed by atoms with Gasteiger partial charge in [0.1, 0.15) is 0 Å². The Morgan fingerprint density at radius 3 is 2.31 bits per heavy atom. The van der Waals surface area contributed by atoms with Crippen LogP contribution in [0.5, 0.6) is 0 Å². The Hall–Kier alpha value is -0.343. The average molecular weight is 235 g/mol. The monoisotopic (exact) mass is 235 g/mol. The molecular weight excluding hydrogens is 210 g/mol. The summed E-state index contributed by atoms with van der Waals surface area (Å²) in [5.74, 6) is 0.841. The van der Waals surface area contributed by atoms with Crippen molar-refractivity contribution in [2.45, 2.75) is 38.0 Å². The molecule has 1 aliphatic heterocycles. The third-order valence-corrected chi connectivity index (χ3v) is 6.42. The standard InChI is InChI=1S/C14H25NSi/c1-15-9-7-12(8-10-15)13-5-6-14(11-13)16(2,3)4/h5-6,11-12,14H,7-10H2,1-4H3. The minimum Gasteiger partial charge on any atom is -0.306 e. The number of hydrogen-bond acceptors (Lipinski definition) is 1. The van der Waals surface area contributed by atoms with Crippen molar-refractivity contribution < 1.29 is 0 Å². The zero-order valence-electron chi connectivity index (χ0n) is 11.2. The molecule has 16 heavy (non-hydrogen) atoms. The molecule has 1 nitrogen and oxygen atoms in total. The van der Waals surface area contributed by atoms with Crippen LogP contribution in [0.2, 0.25) is 25.2 Å². The molecule has 0 aromatic heterocycles. The van der Waals surface area contributed by atoms with Gasteiger partial charge in [0, 0.05) is 0 Å². The van der Waals surface area contributed by atoms with E-state index in [-0.39, 0.29) is 0 Å². The van der Waals surface area contributed by atoms with Gasteiger partial charge in [0.2, 0.25) is 0 Å². The summed E-state index contributed by atoms with van der Waals surface area (Å²) in [5.41, 5.74) is 2.42. The van der Waals surface area contributed by atoms with Crippen LogP contribution in [0.4, 0.5) is 0 Å². The second-order valence-corrected chi connectivity index (χ2v) is 11.9. The fourth-order valence-electron chi connectivity index (χ4n) is 2.69. The predicted molar refractivity (Wildman–Crippen MR) is 74.5 cm³/mol. The van der Waals surface area contributed by atoms with Gasteiger partial charge in [0.15, 0.2) is 0 Å². The molecule has 2 aliphatic rings. The molecule has 0 aromatic rings. The van der Waals surface area contributed by atoms with Gasteiger partial charge in [0.25, 0.3) is 0 Å². The quantitative estimate of drug-likeness (QED) is 0.662. The Labute approximate surface area is 101 Å². The largest absolute Gasteiger partial charge is 0.306 e. The first-order chi connectivity index (χ1) is 7.47. The molecule has 2 rings (SSSR count). The van der Waals surface area contributed by atoms with Gasteiger partial charge in [-0.1, -0.05) is 37.9 Å². The summed E-state index contributed by atoms with van der Waals surface area (Å²) in [7, 11) is 1.22.